The molecule has 23 heavy (non-hydrogen) atoms. The first-order chi connectivity index (χ1) is 10.8. The minimum Gasteiger partial charge on any atom is -0.333 e. The fourth-order valence-electron chi connectivity index (χ4n) is 2.63. The highest BCUT2D eigenvalue weighted by molar-refractivity contribution is 5.95. The molecule has 0 saturated carbocycles. The predicted molar refractivity (Wildman–Crippen MR) is 91.0 cm³/mol. The number of hydrogen-bond donors (Lipinski definition) is 3. The Morgan fingerprint density at radius 3 is 2.43 bits per heavy atom. The summed E-state index contributed by atoms with van der Waals surface area (Å²) in [7, 11) is 0. The van der Waals surface area contributed by atoms with Crippen LogP contribution in [0.25, 0.3) is 5.57 Å². The zero-order valence-corrected chi connectivity index (χ0v) is 14.1. The molecule has 1 aromatic rings. The number of rotatable bonds is 3. The zero-order chi connectivity index (χ0) is 16.9. The van der Waals surface area contributed by atoms with Gasteiger partial charge in [0.15, 0.2) is 6.54 Å². The van der Waals surface area contributed by atoms with Crippen LogP contribution < -0.4 is 15.5 Å². The molecule has 1 aliphatic heterocycles. The van der Waals surface area contributed by atoms with Crippen LogP contribution in [-0.2, 0) is 4.79 Å². The Labute approximate surface area is 137 Å². The van der Waals surface area contributed by atoms with E-state index >= 15 is 0 Å². The van der Waals surface area contributed by atoms with Crippen molar-refractivity contribution in [3.8, 4) is 0 Å². The van der Waals surface area contributed by atoms with Crippen LogP contribution in [0.4, 0.5) is 4.79 Å². The van der Waals surface area contributed by atoms with E-state index in [2.05, 4.69) is 28.8 Å². The molecule has 0 spiro atoms. The molecule has 0 aliphatic carbocycles. The Balaban J connectivity index is 1.81. The fraction of sp³-hybridized carbons (Fsp3) is 0.444. The van der Waals surface area contributed by atoms with E-state index in [9.17, 15) is 9.59 Å². The van der Waals surface area contributed by atoms with Crippen molar-refractivity contribution in [3.63, 3.8) is 0 Å². The van der Waals surface area contributed by atoms with Gasteiger partial charge in [-0.05, 0) is 38.0 Å². The van der Waals surface area contributed by atoms with Crippen LogP contribution in [0.1, 0.15) is 32.8 Å². The molecule has 1 aromatic carbocycles. The number of quaternary nitrogens is 1. The number of carbonyl (C=O) groups is 2. The van der Waals surface area contributed by atoms with E-state index in [1.54, 1.807) is 0 Å². The summed E-state index contributed by atoms with van der Waals surface area (Å²) in [4.78, 5) is 24.8. The molecule has 1 atom stereocenters. The summed E-state index contributed by atoms with van der Waals surface area (Å²) in [6, 6.07) is 9.88. The summed E-state index contributed by atoms with van der Waals surface area (Å²) in [5.41, 5.74) is 2.23. The van der Waals surface area contributed by atoms with Crippen LogP contribution in [0.2, 0.25) is 0 Å². The van der Waals surface area contributed by atoms with Gasteiger partial charge in [-0.15, -0.1) is 0 Å². The second-order valence-electron chi connectivity index (χ2n) is 6.98. The van der Waals surface area contributed by atoms with Gasteiger partial charge < -0.3 is 10.2 Å². The maximum Gasteiger partial charge on any atom is 0.322 e. The van der Waals surface area contributed by atoms with Gasteiger partial charge in [0.05, 0.1) is 13.1 Å². The maximum absolute atomic E-state index is 11.9. The molecule has 0 radical (unpaired) electrons. The van der Waals surface area contributed by atoms with Crippen molar-refractivity contribution in [1.29, 1.82) is 0 Å². The summed E-state index contributed by atoms with van der Waals surface area (Å²) in [5, 5.41) is 5.12. The van der Waals surface area contributed by atoms with E-state index in [0.29, 0.717) is 6.54 Å². The van der Waals surface area contributed by atoms with Crippen LogP contribution in [0.15, 0.2) is 36.4 Å². The van der Waals surface area contributed by atoms with E-state index in [-0.39, 0.29) is 11.4 Å². The van der Waals surface area contributed by atoms with E-state index < -0.39 is 6.03 Å². The van der Waals surface area contributed by atoms with Crippen LogP contribution in [0.3, 0.4) is 0 Å². The lowest BCUT2D eigenvalue weighted by Gasteiger charge is -2.24. The number of urea groups is 1. The third-order valence-corrected chi connectivity index (χ3v) is 3.68. The Bertz CT molecular complexity index is 588. The van der Waals surface area contributed by atoms with Crippen LogP contribution in [0, 0.1) is 0 Å². The van der Waals surface area contributed by atoms with E-state index in [0.717, 1.165) is 19.5 Å². The highest BCUT2D eigenvalue weighted by Gasteiger charge is 2.21. The molecule has 5 heteroatoms. The van der Waals surface area contributed by atoms with E-state index in [4.69, 9.17) is 0 Å². The largest absolute Gasteiger partial charge is 0.333 e. The van der Waals surface area contributed by atoms with Gasteiger partial charge in [-0.25, -0.2) is 4.79 Å². The van der Waals surface area contributed by atoms with Crippen molar-refractivity contribution >= 4 is 17.5 Å². The van der Waals surface area contributed by atoms with Gasteiger partial charge in [0.2, 0.25) is 0 Å². The third-order valence-electron chi connectivity index (χ3n) is 3.68. The summed E-state index contributed by atoms with van der Waals surface area (Å²) in [5.74, 6) is -0.238. The molecule has 1 unspecified atom stereocenters. The van der Waals surface area contributed by atoms with E-state index in [1.165, 1.54) is 16.0 Å². The molecule has 5 nitrogen and oxygen atoms in total. The first-order valence-electron chi connectivity index (χ1n) is 8.03. The van der Waals surface area contributed by atoms with Crippen molar-refractivity contribution in [1.82, 2.24) is 10.6 Å². The number of nitrogens with one attached hydrogen (secondary N) is 3. The van der Waals surface area contributed by atoms with Crippen LogP contribution in [-0.4, -0.2) is 37.1 Å². The van der Waals surface area contributed by atoms with Gasteiger partial charge in [-0.2, -0.15) is 0 Å². The molecule has 3 amide bonds. The van der Waals surface area contributed by atoms with Crippen LogP contribution >= 0.6 is 0 Å². The SMILES string of the molecule is CC(C)(C)NC(=O)NC(=O)C[NH+]1CC=C(c2ccccc2)CC1. The smallest absolute Gasteiger partial charge is 0.322 e. The monoisotopic (exact) mass is 316 g/mol. The molecule has 0 aromatic heterocycles. The van der Waals surface area contributed by atoms with Gasteiger partial charge in [-0.1, -0.05) is 30.3 Å². The molecular formula is C18H26N3O2+. The highest BCUT2D eigenvalue weighted by Crippen LogP contribution is 2.17. The lowest BCUT2D eigenvalue weighted by molar-refractivity contribution is -0.886. The average molecular weight is 316 g/mol. The van der Waals surface area contributed by atoms with Gasteiger partial charge in [0.1, 0.15) is 0 Å². The molecule has 0 saturated heterocycles. The Hall–Kier alpha value is -2.14. The average Bonchev–Trinajstić information content (AvgIpc) is 2.46. The molecule has 124 valence electrons. The quantitative estimate of drug-likeness (QED) is 0.778. The number of carbonyl (C=O) groups excluding carboxylic acids is 2. The molecule has 1 heterocycles. The predicted octanol–water partition coefficient (Wildman–Crippen LogP) is 0.983. The first kappa shape index (κ1) is 17.2. The van der Waals surface area contributed by atoms with Crippen molar-refractivity contribution in [2.45, 2.75) is 32.7 Å². The molecule has 1 aliphatic rings. The van der Waals surface area contributed by atoms with Crippen LogP contribution in [0.5, 0.6) is 0 Å². The first-order valence-corrected chi connectivity index (χ1v) is 8.03. The summed E-state index contributed by atoms with van der Waals surface area (Å²) >= 11 is 0. The fourth-order valence-corrected chi connectivity index (χ4v) is 2.63. The van der Waals surface area contributed by atoms with E-state index in [1.807, 2.05) is 39.0 Å². The lowest BCUT2D eigenvalue weighted by Crippen LogP contribution is -3.13. The third kappa shape index (κ3) is 5.87. The normalized spacial score (nSPS) is 18.0. The number of imide groups is 1. The van der Waals surface area contributed by atoms with Gasteiger partial charge in [0, 0.05) is 12.0 Å². The van der Waals surface area contributed by atoms with Crippen molar-refractivity contribution in [3.05, 3.63) is 42.0 Å². The Morgan fingerprint density at radius 2 is 1.87 bits per heavy atom. The topological polar surface area (TPSA) is 62.6 Å². The summed E-state index contributed by atoms with van der Waals surface area (Å²) in [6.07, 6.45) is 3.14. The maximum atomic E-state index is 11.9. The molecule has 0 bridgehead atoms. The number of benzene rings is 1. The van der Waals surface area contributed by atoms with Gasteiger partial charge >= 0.3 is 6.03 Å². The Morgan fingerprint density at radius 1 is 1.17 bits per heavy atom. The molecule has 3 N–H and O–H groups in total. The summed E-state index contributed by atoms with van der Waals surface area (Å²) in [6.45, 7) is 7.65. The second kappa shape index (κ2) is 7.42. The van der Waals surface area contributed by atoms with Crippen molar-refractivity contribution < 1.29 is 14.5 Å². The molecule has 0 fully saturated rings. The zero-order valence-electron chi connectivity index (χ0n) is 14.1. The number of amides is 3. The summed E-state index contributed by atoms with van der Waals surface area (Å²) < 4.78 is 0. The highest BCUT2D eigenvalue weighted by atomic mass is 16.2. The van der Waals surface area contributed by atoms with Gasteiger partial charge in [-0.3, -0.25) is 10.1 Å². The van der Waals surface area contributed by atoms with Crippen molar-refractivity contribution in [2.75, 3.05) is 19.6 Å². The standard InChI is InChI=1S/C18H25N3O2/c1-18(2,3)20-17(23)19-16(22)13-21-11-9-15(10-12-21)14-7-5-4-6-8-14/h4-9H,10-13H2,1-3H3,(H2,19,20,22,23)/p+1. The van der Waals surface area contributed by atoms with Crippen molar-refractivity contribution in [2.24, 2.45) is 0 Å². The number of hydrogen-bond acceptors (Lipinski definition) is 2. The Kier molecular flexibility index (Phi) is 5.55. The minimum atomic E-state index is -0.431. The minimum absolute atomic E-state index is 0.238. The second-order valence-corrected chi connectivity index (χ2v) is 6.98. The lowest BCUT2D eigenvalue weighted by atomic mass is 10.00. The molecular weight excluding hydrogens is 290 g/mol. The van der Waals surface area contributed by atoms with Gasteiger partial charge in [0.25, 0.3) is 5.91 Å². The molecule has 2 rings (SSSR count).